The summed E-state index contributed by atoms with van der Waals surface area (Å²) in [6.45, 7) is 5.73. The van der Waals surface area contributed by atoms with Gasteiger partial charge in [-0.3, -0.25) is 0 Å². The third kappa shape index (κ3) is 2.60. The molecule has 2 nitrogen and oxygen atoms in total. The fourth-order valence-corrected chi connectivity index (χ4v) is 0. The van der Waals surface area contributed by atoms with Crippen molar-refractivity contribution in [2.24, 2.45) is 11.5 Å². The molecule has 0 aliphatic heterocycles. The zero-order valence-electron chi connectivity index (χ0n) is 5.23. The minimum atomic E-state index is -0.222. The average Bonchev–Trinajstić information content (AvgIpc) is 1.31. The number of rotatable bonds is 1. The molecule has 0 aromatic rings. The molecule has 0 spiro atoms. The summed E-state index contributed by atoms with van der Waals surface area (Å²) in [7, 11) is 0. The van der Waals surface area contributed by atoms with Gasteiger partial charge in [0.05, 0.1) is 0 Å². The molecule has 1 unspecified atom stereocenters. The highest BCUT2D eigenvalue weighted by Crippen LogP contribution is 1.98. The zero-order valence-corrected chi connectivity index (χ0v) is 5.23. The van der Waals surface area contributed by atoms with Crippen LogP contribution in [0.3, 0.4) is 0 Å². The molecule has 0 radical (unpaired) electrons. The van der Waals surface area contributed by atoms with Crippen LogP contribution in [-0.2, 0) is 0 Å². The average molecular weight is 102 g/mol. The van der Waals surface area contributed by atoms with Crippen molar-refractivity contribution >= 4 is 0 Å². The van der Waals surface area contributed by atoms with Crippen LogP contribution in [0.15, 0.2) is 0 Å². The first-order valence-electron chi connectivity index (χ1n) is 2.49. The van der Waals surface area contributed by atoms with Crippen molar-refractivity contribution in [2.45, 2.75) is 32.4 Å². The molecule has 4 N–H and O–H groups in total. The lowest BCUT2D eigenvalue weighted by Crippen LogP contribution is -2.48. The summed E-state index contributed by atoms with van der Waals surface area (Å²) in [6, 6.07) is 0.0764. The van der Waals surface area contributed by atoms with E-state index >= 15 is 0 Å². The van der Waals surface area contributed by atoms with Gasteiger partial charge in [0, 0.05) is 11.6 Å². The first-order chi connectivity index (χ1) is 2.94. The van der Waals surface area contributed by atoms with Crippen molar-refractivity contribution in [2.75, 3.05) is 0 Å². The highest BCUT2D eigenvalue weighted by atomic mass is 14.8. The monoisotopic (exact) mass is 102 g/mol. The van der Waals surface area contributed by atoms with E-state index in [0.29, 0.717) is 0 Å². The predicted octanol–water partition coefficient (Wildman–Crippen LogP) is 0.0709. The Morgan fingerprint density at radius 1 is 1.43 bits per heavy atom. The third-order valence-electron chi connectivity index (χ3n) is 1.17. The summed E-state index contributed by atoms with van der Waals surface area (Å²) >= 11 is 0. The third-order valence-corrected chi connectivity index (χ3v) is 1.17. The van der Waals surface area contributed by atoms with Crippen LogP contribution in [-0.4, -0.2) is 11.6 Å². The Bertz CT molecular complexity index is 51.6. The highest BCUT2D eigenvalue weighted by molar-refractivity contribution is 4.80. The maximum absolute atomic E-state index is 5.55. The SMILES string of the molecule is CC(N)C(C)(C)N. The molecule has 2 heteroatoms. The smallest absolute Gasteiger partial charge is 0.0247 e. The predicted molar refractivity (Wildman–Crippen MR) is 31.9 cm³/mol. The second kappa shape index (κ2) is 1.80. The molecule has 0 aromatic carbocycles. The number of hydrogen-bond acceptors (Lipinski definition) is 2. The van der Waals surface area contributed by atoms with E-state index in [1.54, 1.807) is 0 Å². The van der Waals surface area contributed by atoms with Crippen LogP contribution >= 0.6 is 0 Å². The van der Waals surface area contributed by atoms with Gasteiger partial charge in [-0.05, 0) is 20.8 Å². The Morgan fingerprint density at radius 3 is 1.57 bits per heavy atom. The van der Waals surface area contributed by atoms with Gasteiger partial charge in [-0.25, -0.2) is 0 Å². The van der Waals surface area contributed by atoms with Gasteiger partial charge in [-0.15, -0.1) is 0 Å². The van der Waals surface area contributed by atoms with E-state index in [1.807, 2.05) is 20.8 Å². The van der Waals surface area contributed by atoms with E-state index in [0.717, 1.165) is 0 Å². The highest BCUT2D eigenvalue weighted by Gasteiger charge is 2.14. The van der Waals surface area contributed by atoms with Crippen molar-refractivity contribution in [1.82, 2.24) is 0 Å². The van der Waals surface area contributed by atoms with Gasteiger partial charge in [0.1, 0.15) is 0 Å². The van der Waals surface area contributed by atoms with Gasteiger partial charge < -0.3 is 11.5 Å². The minimum absolute atomic E-state index is 0.0764. The molecule has 1 atom stereocenters. The van der Waals surface area contributed by atoms with Gasteiger partial charge in [0.25, 0.3) is 0 Å². The summed E-state index contributed by atoms with van der Waals surface area (Å²) in [6.07, 6.45) is 0. The zero-order chi connectivity index (χ0) is 6.08. The van der Waals surface area contributed by atoms with Gasteiger partial charge in [0.15, 0.2) is 0 Å². The molecule has 0 aromatic heterocycles. The largest absolute Gasteiger partial charge is 0.326 e. The fourth-order valence-electron chi connectivity index (χ4n) is 0. The molecule has 0 saturated carbocycles. The van der Waals surface area contributed by atoms with Gasteiger partial charge in [0.2, 0.25) is 0 Å². The molecule has 0 heterocycles. The van der Waals surface area contributed by atoms with E-state index < -0.39 is 0 Å². The topological polar surface area (TPSA) is 52.0 Å². The molecular formula is C5H14N2. The maximum Gasteiger partial charge on any atom is 0.0247 e. The summed E-state index contributed by atoms with van der Waals surface area (Å²) in [5.74, 6) is 0. The Labute approximate surface area is 44.9 Å². The van der Waals surface area contributed by atoms with Crippen LogP contribution in [0.1, 0.15) is 20.8 Å². The number of hydrogen-bond donors (Lipinski definition) is 2. The second-order valence-electron chi connectivity index (χ2n) is 2.61. The molecule has 0 aliphatic rings. The van der Waals surface area contributed by atoms with E-state index in [-0.39, 0.29) is 11.6 Å². The minimum Gasteiger partial charge on any atom is -0.326 e. The molecule has 44 valence electrons. The molecule has 0 saturated heterocycles. The van der Waals surface area contributed by atoms with E-state index in [1.165, 1.54) is 0 Å². The van der Waals surface area contributed by atoms with Gasteiger partial charge in [-0.2, -0.15) is 0 Å². The van der Waals surface area contributed by atoms with E-state index in [4.69, 9.17) is 11.5 Å². The Balaban J connectivity index is 3.54. The molecule has 0 fully saturated rings. The first kappa shape index (κ1) is 6.92. The van der Waals surface area contributed by atoms with Gasteiger partial charge >= 0.3 is 0 Å². The van der Waals surface area contributed by atoms with Crippen LogP contribution in [0.2, 0.25) is 0 Å². The molecule has 0 aliphatic carbocycles. The van der Waals surface area contributed by atoms with Crippen molar-refractivity contribution in [3.63, 3.8) is 0 Å². The summed E-state index contributed by atoms with van der Waals surface area (Å²) < 4.78 is 0. The molecule has 0 rings (SSSR count). The summed E-state index contributed by atoms with van der Waals surface area (Å²) in [4.78, 5) is 0. The summed E-state index contributed by atoms with van der Waals surface area (Å²) in [5.41, 5.74) is 10.8. The van der Waals surface area contributed by atoms with E-state index in [9.17, 15) is 0 Å². The molecular weight excluding hydrogens is 88.1 g/mol. The molecule has 0 bridgehead atoms. The second-order valence-corrected chi connectivity index (χ2v) is 2.61. The van der Waals surface area contributed by atoms with Crippen molar-refractivity contribution in [1.29, 1.82) is 0 Å². The van der Waals surface area contributed by atoms with Crippen LogP contribution in [0, 0.1) is 0 Å². The van der Waals surface area contributed by atoms with Crippen molar-refractivity contribution in [3.05, 3.63) is 0 Å². The van der Waals surface area contributed by atoms with Crippen LogP contribution in [0.25, 0.3) is 0 Å². The maximum atomic E-state index is 5.55. The molecule has 0 amide bonds. The van der Waals surface area contributed by atoms with E-state index in [2.05, 4.69) is 0 Å². The van der Waals surface area contributed by atoms with Crippen molar-refractivity contribution < 1.29 is 0 Å². The van der Waals surface area contributed by atoms with Crippen molar-refractivity contribution in [3.8, 4) is 0 Å². The van der Waals surface area contributed by atoms with Crippen LogP contribution in [0.5, 0.6) is 0 Å². The summed E-state index contributed by atoms with van der Waals surface area (Å²) in [5, 5.41) is 0. The Kier molecular flexibility index (Phi) is 1.78. The lowest BCUT2D eigenvalue weighted by Gasteiger charge is -2.22. The lowest BCUT2D eigenvalue weighted by molar-refractivity contribution is 0.433. The number of nitrogens with two attached hydrogens (primary N) is 2. The lowest BCUT2D eigenvalue weighted by atomic mass is 9.99. The standard InChI is InChI=1S/C5H14N2/c1-4(6)5(2,3)7/h4H,6-7H2,1-3H3. The Morgan fingerprint density at radius 2 is 1.57 bits per heavy atom. The fraction of sp³-hybridized carbons (Fsp3) is 1.00. The van der Waals surface area contributed by atoms with Crippen LogP contribution in [0.4, 0.5) is 0 Å². The Hall–Kier alpha value is -0.0800. The quantitative estimate of drug-likeness (QED) is 0.492. The molecule has 7 heavy (non-hydrogen) atoms. The normalized spacial score (nSPS) is 16.7. The first-order valence-corrected chi connectivity index (χ1v) is 2.49. The van der Waals surface area contributed by atoms with Gasteiger partial charge in [-0.1, -0.05) is 0 Å². The van der Waals surface area contributed by atoms with Crippen LogP contribution < -0.4 is 11.5 Å².